The standard InChI is InChI=1S/C21H26N4/c1-2-5-18-11-20(10-17(18)4-1)24-12-16-6-7-19(14-24)25(13-16)15-21-22-8-3-9-23-21/h1-5,8-9,16,19-20H,6-7,10-15H2/t16-,19+/m1/s1. The Hall–Kier alpha value is -1.78. The van der Waals surface area contributed by atoms with Crippen molar-refractivity contribution in [1.82, 2.24) is 19.8 Å². The number of hydrogen-bond acceptors (Lipinski definition) is 4. The third-order valence-electron chi connectivity index (χ3n) is 6.36. The van der Waals surface area contributed by atoms with E-state index in [1.807, 2.05) is 18.5 Å². The van der Waals surface area contributed by atoms with Crippen molar-refractivity contribution >= 4 is 0 Å². The minimum Gasteiger partial charge on any atom is -0.298 e. The van der Waals surface area contributed by atoms with Crippen LogP contribution in [0.15, 0.2) is 42.7 Å². The van der Waals surface area contributed by atoms with Gasteiger partial charge in [-0.3, -0.25) is 9.80 Å². The van der Waals surface area contributed by atoms with E-state index in [-0.39, 0.29) is 0 Å². The van der Waals surface area contributed by atoms with Crippen LogP contribution in [0.3, 0.4) is 0 Å². The summed E-state index contributed by atoms with van der Waals surface area (Å²) in [4.78, 5) is 14.3. The Morgan fingerprint density at radius 1 is 0.840 bits per heavy atom. The van der Waals surface area contributed by atoms with Crippen molar-refractivity contribution in [2.24, 2.45) is 5.92 Å². The normalized spacial score (nSPS) is 27.4. The lowest BCUT2D eigenvalue weighted by Gasteiger charge is -2.35. The van der Waals surface area contributed by atoms with E-state index in [2.05, 4.69) is 44.0 Å². The molecule has 3 saturated heterocycles. The molecule has 0 amide bonds. The molecule has 4 heterocycles. The molecule has 2 atom stereocenters. The zero-order chi connectivity index (χ0) is 16.6. The topological polar surface area (TPSA) is 32.3 Å². The number of nitrogens with zero attached hydrogens (tertiary/aromatic N) is 4. The number of rotatable bonds is 3. The second kappa shape index (κ2) is 6.50. The Bertz CT molecular complexity index is 707. The minimum atomic E-state index is 0.659. The highest BCUT2D eigenvalue weighted by Crippen LogP contribution is 2.33. The molecule has 3 fully saturated rings. The Kier molecular flexibility index (Phi) is 4.03. The molecule has 0 radical (unpaired) electrons. The van der Waals surface area contributed by atoms with E-state index in [9.17, 15) is 0 Å². The largest absolute Gasteiger partial charge is 0.298 e. The molecule has 0 N–H and O–H groups in total. The van der Waals surface area contributed by atoms with E-state index in [0.717, 1.165) is 18.3 Å². The second-order valence-corrected chi connectivity index (χ2v) is 7.98. The van der Waals surface area contributed by atoms with E-state index in [1.165, 1.54) is 45.3 Å². The molecule has 4 aliphatic rings. The Morgan fingerprint density at radius 2 is 1.60 bits per heavy atom. The fourth-order valence-electron chi connectivity index (χ4n) is 5.09. The van der Waals surface area contributed by atoms with Gasteiger partial charge in [0.05, 0.1) is 6.54 Å². The summed E-state index contributed by atoms with van der Waals surface area (Å²) in [6, 6.07) is 12.3. The fraction of sp³-hybridized carbons (Fsp3) is 0.524. The molecular formula is C21H26N4. The summed E-state index contributed by atoms with van der Waals surface area (Å²) in [6.07, 6.45) is 8.90. The first-order valence-electron chi connectivity index (χ1n) is 9.66. The number of fused-ring (bicyclic) bond motifs is 5. The molecule has 2 bridgehead atoms. The first-order valence-corrected chi connectivity index (χ1v) is 9.66. The summed E-state index contributed by atoms with van der Waals surface area (Å²) in [7, 11) is 0. The van der Waals surface area contributed by atoms with Crippen molar-refractivity contribution < 1.29 is 0 Å². The van der Waals surface area contributed by atoms with Crippen LogP contribution in [-0.2, 0) is 19.4 Å². The summed E-state index contributed by atoms with van der Waals surface area (Å²) in [5.41, 5.74) is 3.14. The first-order chi connectivity index (χ1) is 12.3. The van der Waals surface area contributed by atoms with Crippen molar-refractivity contribution in [3.05, 3.63) is 59.7 Å². The van der Waals surface area contributed by atoms with E-state index in [4.69, 9.17) is 0 Å². The van der Waals surface area contributed by atoms with Crippen LogP contribution in [-0.4, -0.2) is 51.5 Å². The van der Waals surface area contributed by atoms with Gasteiger partial charge >= 0.3 is 0 Å². The van der Waals surface area contributed by atoms with Gasteiger partial charge in [-0.25, -0.2) is 9.97 Å². The SMILES string of the molecule is c1cnc(CN2C[C@@H]3CC[C@H]2CN(C2Cc4ccccc4C2)C3)nc1. The highest BCUT2D eigenvalue weighted by atomic mass is 15.3. The van der Waals surface area contributed by atoms with E-state index in [1.54, 1.807) is 11.1 Å². The lowest BCUT2D eigenvalue weighted by molar-refractivity contribution is 0.117. The summed E-state index contributed by atoms with van der Waals surface area (Å²) in [6.45, 7) is 4.59. The maximum atomic E-state index is 4.44. The quantitative estimate of drug-likeness (QED) is 0.863. The molecule has 2 aromatic rings. The van der Waals surface area contributed by atoms with Crippen molar-refractivity contribution in [3.63, 3.8) is 0 Å². The van der Waals surface area contributed by atoms with Gasteiger partial charge in [0.1, 0.15) is 5.82 Å². The summed E-state index contributed by atoms with van der Waals surface area (Å²) < 4.78 is 0. The highest BCUT2D eigenvalue weighted by molar-refractivity contribution is 5.33. The van der Waals surface area contributed by atoms with Crippen molar-refractivity contribution in [2.75, 3.05) is 19.6 Å². The van der Waals surface area contributed by atoms with Crippen LogP contribution in [0.25, 0.3) is 0 Å². The van der Waals surface area contributed by atoms with Crippen LogP contribution in [0.5, 0.6) is 0 Å². The van der Waals surface area contributed by atoms with E-state index < -0.39 is 0 Å². The van der Waals surface area contributed by atoms with Gasteiger partial charge in [0.25, 0.3) is 0 Å². The van der Waals surface area contributed by atoms with Gasteiger partial charge in [0.15, 0.2) is 0 Å². The average Bonchev–Trinajstić information content (AvgIpc) is 2.88. The molecule has 1 aromatic heterocycles. The number of benzene rings is 1. The summed E-state index contributed by atoms with van der Waals surface area (Å²) in [5, 5.41) is 0. The van der Waals surface area contributed by atoms with Crippen LogP contribution < -0.4 is 0 Å². The number of hydrogen-bond donors (Lipinski definition) is 0. The number of piperidine rings is 1. The third-order valence-corrected chi connectivity index (χ3v) is 6.36. The maximum Gasteiger partial charge on any atom is 0.142 e. The van der Waals surface area contributed by atoms with Crippen LogP contribution in [0.4, 0.5) is 0 Å². The van der Waals surface area contributed by atoms with E-state index in [0.29, 0.717) is 12.1 Å². The number of aromatic nitrogens is 2. The molecule has 0 spiro atoms. The van der Waals surface area contributed by atoms with Gasteiger partial charge in [0.2, 0.25) is 0 Å². The fourth-order valence-corrected chi connectivity index (χ4v) is 5.09. The Balaban J connectivity index is 1.30. The maximum absolute atomic E-state index is 4.44. The first kappa shape index (κ1) is 15.5. The lowest BCUT2D eigenvalue weighted by Crippen LogP contribution is -2.45. The van der Waals surface area contributed by atoms with Gasteiger partial charge in [-0.2, -0.15) is 0 Å². The van der Waals surface area contributed by atoms with Crippen LogP contribution in [0.2, 0.25) is 0 Å². The molecule has 1 aliphatic carbocycles. The van der Waals surface area contributed by atoms with Crippen molar-refractivity contribution in [3.8, 4) is 0 Å². The summed E-state index contributed by atoms with van der Waals surface area (Å²) >= 11 is 0. The van der Waals surface area contributed by atoms with Crippen molar-refractivity contribution in [1.29, 1.82) is 0 Å². The monoisotopic (exact) mass is 334 g/mol. The molecule has 25 heavy (non-hydrogen) atoms. The smallest absolute Gasteiger partial charge is 0.142 e. The van der Waals surface area contributed by atoms with Crippen LogP contribution in [0, 0.1) is 5.92 Å². The molecule has 0 unspecified atom stereocenters. The molecule has 6 rings (SSSR count). The highest BCUT2D eigenvalue weighted by Gasteiger charge is 2.38. The third kappa shape index (κ3) is 3.09. The van der Waals surface area contributed by atoms with Gasteiger partial charge in [-0.1, -0.05) is 24.3 Å². The van der Waals surface area contributed by atoms with Gasteiger partial charge < -0.3 is 0 Å². The molecule has 4 heteroatoms. The van der Waals surface area contributed by atoms with Gasteiger partial charge in [-0.15, -0.1) is 0 Å². The second-order valence-electron chi connectivity index (χ2n) is 7.98. The van der Waals surface area contributed by atoms with Gasteiger partial charge in [-0.05, 0) is 48.8 Å². The zero-order valence-corrected chi connectivity index (χ0v) is 14.7. The van der Waals surface area contributed by atoms with Crippen LogP contribution >= 0.6 is 0 Å². The molecule has 0 saturated carbocycles. The minimum absolute atomic E-state index is 0.659. The Morgan fingerprint density at radius 3 is 2.36 bits per heavy atom. The summed E-state index contributed by atoms with van der Waals surface area (Å²) in [5.74, 6) is 1.76. The van der Waals surface area contributed by atoms with E-state index >= 15 is 0 Å². The predicted octanol–water partition coefficient (Wildman–Crippen LogP) is 2.54. The molecule has 4 nitrogen and oxygen atoms in total. The Labute approximate surface area is 149 Å². The zero-order valence-electron chi connectivity index (χ0n) is 14.7. The van der Waals surface area contributed by atoms with Gasteiger partial charge in [0, 0.05) is 44.1 Å². The van der Waals surface area contributed by atoms with Crippen LogP contribution in [0.1, 0.15) is 29.8 Å². The predicted molar refractivity (Wildman–Crippen MR) is 98.2 cm³/mol. The molecule has 3 aliphatic heterocycles. The molecular weight excluding hydrogens is 308 g/mol. The average molecular weight is 334 g/mol. The molecule has 1 aromatic carbocycles. The lowest BCUT2D eigenvalue weighted by atomic mass is 9.95. The van der Waals surface area contributed by atoms with Crippen molar-refractivity contribution in [2.45, 2.75) is 44.3 Å². The molecule has 130 valence electrons.